The Morgan fingerprint density at radius 3 is 2.94 bits per heavy atom. The van der Waals surface area contributed by atoms with Crippen molar-refractivity contribution in [2.75, 3.05) is 11.4 Å². The molecule has 0 spiro atoms. The van der Waals surface area contributed by atoms with Gasteiger partial charge in [-0.15, -0.1) is 0 Å². The second-order valence-electron chi connectivity index (χ2n) is 4.09. The van der Waals surface area contributed by atoms with Gasteiger partial charge in [-0.05, 0) is 35.7 Å². The van der Waals surface area contributed by atoms with Crippen molar-refractivity contribution in [1.29, 1.82) is 0 Å². The largest absolute Gasteiger partial charge is 0.349 e. The van der Waals surface area contributed by atoms with Gasteiger partial charge in [0.05, 0.1) is 17.3 Å². The van der Waals surface area contributed by atoms with Gasteiger partial charge in [-0.25, -0.2) is 15.0 Å². The maximum absolute atomic E-state index is 6.15. The molecule has 3 rings (SSSR count). The van der Waals surface area contributed by atoms with Crippen LogP contribution in [0.1, 0.15) is 11.3 Å². The molecule has 0 saturated heterocycles. The molecule has 0 N–H and O–H groups in total. The zero-order valence-electron chi connectivity index (χ0n) is 9.48. The highest BCUT2D eigenvalue weighted by Crippen LogP contribution is 2.27. The lowest BCUT2D eigenvalue weighted by atomic mass is 10.1. The van der Waals surface area contributed by atoms with E-state index in [9.17, 15) is 0 Å². The van der Waals surface area contributed by atoms with Crippen molar-refractivity contribution in [2.24, 2.45) is 0 Å². The van der Waals surface area contributed by atoms with Crippen molar-refractivity contribution in [3.05, 3.63) is 46.1 Å². The number of nitrogens with zero attached hydrogens (tertiary/aromatic N) is 4. The minimum absolute atomic E-state index is 0.280. The summed E-state index contributed by atoms with van der Waals surface area (Å²) in [6.45, 7) is 1.52. The third-order valence-corrected chi connectivity index (χ3v) is 3.43. The summed E-state index contributed by atoms with van der Waals surface area (Å²) in [6.07, 6.45) is 4.41. The predicted octanol–water partition coefficient (Wildman–Crippen LogP) is 2.74. The standard InChI is InChI=1S/C12H10Cl2N4/c13-9-2-1-4-15-11(9)18-5-3-8-6-16-12(14)17-10(8)7-18/h1-2,4,6H,3,5,7H2. The Hall–Kier alpha value is -1.39. The molecule has 0 aliphatic carbocycles. The quantitative estimate of drug-likeness (QED) is 0.754. The van der Waals surface area contributed by atoms with Crippen LogP contribution in [0.5, 0.6) is 0 Å². The van der Waals surface area contributed by atoms with Crippen LogP contribution in [0, 0.1) is 0 Å². The molecule has 0 aromatic carbocycles. The fraction of sp³-hybridized carbons (Fsp3) is 0.250. The lowest BCUT2D eigenvalue weighted by molar-refractivity contribution is 0.695. The van der Waals surface area contributed by atoms with Gasteiger partial charge >= 0.3 is 0 Å². The van der Waals surface area contributed by atoms with E-state index >= 15 is 0 Å². The van der Waals surface area contributed by atoms with E-state index < -0.39 is 0 Å². The van der Waals surface area contributed by atoms with Crippen LogP contribution in [0.3, 0.4) is 0 Å². The number of rotatable bonds is 1. The number of pyridine rings is 1. The third kappa shape index (κ3) is 2.13. The molecule has 0 amide bonds. The van der Waals surface area contributed by atoms with Gasteiger partial charge < -0.3 is 4.90 Å². The van der Waals surface area contributed by atoms with Crippen molar-refractivity contribution in [2.45, 2.75) is 13.0 Å². The first kappa shape index (κ1) is 11.7. The maximum Gasteiger partial charge on any atom is 0.222 e. The summed E-state index contributed by atoms with van der Waals surface area (Å²) >= 11 is 12.0. The Morgan fingerprint density at radius 1 is 1.22 bits per heavy atom. The SMILES string of the molecule is Clc1ncc2c(n1)CN(c1ncccc1Cl)CC2. The molecule has 92 valence electrons. The minimum Gasteiger partial charge on any atom is -0.349 e. The molecule has 0 unspecified atom stereocenters. The maximum atomic E-state index is 6.15. The highest BCUT2D eigenvalue weighted by Gasteiger charge is 2.20. The molecule has 2 aromatic heterocycles. The van der Waals surface area contributed by atoms with E-state index in [-0.39, 0.29) is 5.28 Å². The normalized spacial score (nSPS) is 14.4. The summed E-state index contributed by atoms with van der Waals surface area (Å²) in [7, 11) is 0. The molecule has 1 aliphatic heterocycles. The highest BCUT2D eigenvalue weighted by atomic mass is 35.5. The van der Waals surface area contributed by atoms with Crippen molar-refractivity contribution < 1.29 is 0 Å². The molecule has 1 aliphatic rings. The van der Waals surface area contributed by atoms with E-state index in [1.54, 1.807) is 12.4 Å². The number of hydrogen-bond donors (Lipinski definition) is 0. The molecule has 18 heavy (non-hydrogen) atoms. The average molecular weight is 281 g/mol. The number of aromatic nitrogens is 3. The zero-order chi connectivity index (χ0) is 12.5. The highest BCUT2D eigenvalue weighted by molar-refractivity contribution is 6.32. The number of fused-ring (bicyclic) bond motifs is 1. The molecule has 0 fully saturated rings. The molecule has 6 heteroatoms. The van der Waals surface area contributed by atoms with Gasteiger partial charge in [-0.1, -0.05) is 11.6 Å². The second kappa shape index (κ2) is 4.71. The first-order valence-electron chi connectivity index (χ1n) is 5.60. The van der Waals surface area contributed by atoms with Crippen LogP contribution in [0.15, 0.2) is 24.5 Å². The monoisotopic (exact) mass is 280 g/mol. The van der Waals surface area contributed by atoms with Gasteiger partial charge in [0.2, 0.25) is 5.28 Å². The lowest BCUT2D eigenvalue weighted by Crippen LogP contribution is -2.32. The number of halogens is 2. The van der Waals surface area contributed by atoms with E-state index in [1.165, 1.54) is 0 Å². The molecule has 0 bridgehead atoms. The Kier molecular flexibility index (Phi) is 3.06. The van der Waals surface area contributed by atoms with Gasteiger partial charge in [0.25, 0.3) is 0 Å². The fourth-order valence-electron chi connectivity index (χ4n) is 2.07. The molecule has 3 heterocycles. The molecule has 4 nitrogen and oxygen atoms in total. The summed E-state index contributed by atoms with van der Waals surface area (Å²) in [6, 6.07) is 3.66. The van der Waals surface area contributed by atoms with Crippen LogP contribution >= 0.6 is 23.2 Å². The Bertz CT molecular complexity index is 588. The van der Waals surface area contributed by atoms with Crippen LogP contribution in [0.2, 0.25) is 10.3 Å². The zero-order valence-corrected chi connectivity index (χ0v) is 11.0. The summed E-state index contributed by atoms with van der Waals surface area (Å²) in [5.41, 5.74) is 2.09. The topological polar surface area (TPSA) is 41.9 Å². The van der Waals surface area contributed by atoms with E-state index in [4.69, 9.17) is 23.2 Å². The lowest BCUT2D eigenvalue weighted by Gasteiger charge is -2.29. The van der Waals surface area contributed by atoms with E-state index in [2.05, 4.69) is 19.9 Å². The predicted molar refractivity (Wildman–Crippen MR) is 71.0 cm³/mol. The first-order valence-corrected chi connectivity index (χ1v) is 6.35. The fourth-order valence-corrected chi connectivity index (χ4v) is 2.46. The van der Waals surface area contributed by atoms with E-state index in [1.807, 2.05) is 12.1 Å². The van der Waals surface area contributed by atoms with Crippen LogP contribution in [0.4, 0.5) is 5.82 Å². The molecular formula is C12H10Cl2N4. The smallest absolute Gasteiger partial charge is 0.222 e. The van der Waals surface area contributed by atoms with Crippen molar-refractivity contribution in [3.8, 4) is 0 Å². The average Bonchev–Trinajstić information content (AvgIpc) is 2.38. The van der Waals surface area contributed by atoms with Crippen LogP contribution in [-0.4, -0.2) is 21.5 Å². The molecule has 0 atom stereocenters. The Labute approximate surface area is 115 Å². The summed E-state index contributed by atoms with van der Waals surface area (Å²) < 4.78 is 0. The van der Waals surface area contributed by atoms with E-state index in [0.29, 0.717) is 11.6 Å². The van der Waals surface area contributed by atoms with Gasteiger partial charge in [-0.3, -0.25) is 0 Å². The van der Waals surface area contributed by atoms with Crippen LogP contribution in [0.25, 0.3) is 0 Å². The van der Waals surface area contributed by atoms with Crippen LogP contribution < -0.4 is 4.90 Å². The van der Waals surface area contributed by atoms with Gasteiger partial charge in [-0.2, -0.15) is 0 Å². The molecular weight excluding hydrogens is 271 g/mol. The molecule has 2 aromatic rings. The minimum atomic E-state index is 0.280. The number of anilines is 1. The number of hydrogen-bond acceptors (Lipinski definition) is 4. The Balaban J connectivity index is 1.93. The summed E-state index contributed by atoms with van der Waals surface area (Å²) in [5.74, 6) is 0.791. The summed E-state index contributed by atoms with van der Waals surface area (Å²) in [5, 5.41) is 0.934. The second-order valence-corrected chi connectivity index (χ2v) is 4.84. The third-order valence-electron chi connectivity index (χ3n) is 2.96. The molecule has 0 saturated carbocycles. The van der Waals surface area contributed by atoms with Crippen molar-refractivity contribution >= 4 is 29.0 Å². The summed E-state index contributed by atoms with van der Waals surface area (Å²) in [4.78, 5) is 14.7. The van der Waals surface area contributed by atoms with Crippen molar-refractivity contribution in [3.63, 3.8) is 0 Å². The van der Waals surface area contributed by atoms with Crippen molar-refractivity contribution in [1.82, 2.24) is 15.0 Å². The first-order chi connectivity index (χ1) is 8.74. The van der Waals surface area contributed by atoms with Crippen LogP contribution in [-0.2, 0) is 13.0 Å². The Morgan fingerprint density at radius 2 is 2.11 bits per heavy atom. The van der Waals surface area contributed by atoms with E-state index in [0.717, 1.165) is 30.0 Å². The van der Waals surface area contributed by atoms with Gasteiger partial charge in [0, 0.05) is 18.9 Å². The van der Waals surface area contributed by atoms with Gasteiger partial charge in [0.15, 0.2) is 0 Å². The molecule has 0 radical (unpaired) electrons. The van der Waals surface area contributed by atoms with Gasteiger partial charge in [0.1, 0.15) is 5.82 Å².